The summed E-state index contributed by atoms with van der Waals surface area (Å²) in [5, 5.41) is 0. The van der Waals surface area contributed by atoms with Crippen molar-refractivity contribution in [3.05, 3.63) is 77.9 Å². The Morgan fingerprint density at radius 2 is 1.31 bits per heavy atom. The Hall–Kier alpha value is -1.82. The van der Waals surface area contributed by atoms with E-state index in [1.807, 2.05) is 36.4 Å². The first-order chi connectivity index (χ1) is 7.88. The molecule has 1 unspecified atom stereocenters. The molecule has 80 valence electrons. The molecular formula is C16H16. The van der Waals surface area contributed by atoms with Crippen LogP contribution < -0.4 is 0 Å². The van der Waals surface area contributed by atoms with Crippen LogP contribution in [0.15, 0.2) is 66.7 Å². The Kier molecular flexibility index (Phi) is 3.55. The molecule has 0 fully saturated rings. The predicted octanol–water partition coefficient (Wildman–Crippen LogP) is 4.50. The van der Waals surface area contributed by atoms with Crippen LogP contribution in [0.4, 0.5) is 0 Å². The van der Waals surface area contributed by atoms with Crippen molar-refractivity contribution >= 4 is 6.08 Å². The molecule has 0 nitrogen and oxygen atoms in total. The molecule has 1 aliphatic rings. The van der Waals surface area contributed by atoms with Crippen molar-refractivity contribution in [1.82, 2.24) is 0 Å². The minimum Gasteiger partial charge on any atom is -0.0767 e. The molecule has 0 saturated carbocycles. The van der Waals surface area contributed by atoms with Gasteiger partial charge in [-0.1, -0.05) is 79.7 Å². The zero-order valence-corrected chi connectivity index (χ0v) is 9.51. The summed E-state index contributed by atoms with van der Waals surface area (Å²) in [6.07, 6.45) is 4.44. The van der Waals surface area contributed by atoms with Gasteiger partial charge in [-0.15, -0.1) is 0 Å². The smallest absolute Gasteiger partial charge is 0.000118 e. The van der Waals surface area contributed by atoms with E-state index in [1.165, 1.54) is 11.1 Å². The molecule has 1 aliphatic carbocycles. The molecule has 0 spiro atoms. The van der Waals surface area contributed by atoms with Gasteiger partial charge in [0.1, 0.15) is 0 Å². The summed E-state index contributed by atoms with van der Waals surface area (Å²) in [5.41, 5.74) is 2.84. The Bertz CT molecular complexity index is 428. The van der Waals surface area contributed by atoms with Gasteiger partial charge < -0.3 is 0 Å². The second-order valence-electron chi connectivity index (χ2n) is 3.93. The summed E-state index contributed by atoms with van der Waals surface area (Å²) in [6, 6.07) is 20.5. The quantitative estimate of drug-likeness (QED) is 0.598. The molecule has 0 bridgehead atoms. The lowest BCUT2D eigenvalue weighted by Crippen LogP contribution is -1.84. The third kappa shape index (κ3) is 2.60. The lowest BCUT2D eigenvalue weighted by atomic mass is 10.0. The van der Waals surface area contributed by atoms with Gasteiger partial charge in [-0.05, 0) is 17.0 Å². The lowest BCUT2D eigenvalue weighted by molar-refractivity contribution is 0.990. The summed E-state index contributed by atoms with van der Waals surface area (Å²) >= 11 is 0. The monoisotopic (exact) mass is 208 g/mol. The molecule has 1 atom stereocenters. The summed E-state index contributed by atoms with van der Waals surface area (Å²) in [6.45, 7) is 2.22. The van der Waals surface area contributed by atoms with Crippen molar-refractivity contribution in [2.24, 2.45) is 0 Å². The standard InChI is InChI=1S/C10H10.C6H6/c1-8-6-7-9-4-2-3-5-10(8)9;1-2-4-6-5-3-1/h2-8H,1H3;1-6H. The van der Waals surface area contributed by atoms with Gasteiger partial charge in [0.05, 0.1) is 0 Å². The Balaban J connectivity index is 0.000000138. The molecule has 0 heterocycles. The van der Waals surface area contributed by atoms with Crippen molar-refractivity contribution in [2.45, 2.75) is 12.8 Å². The fourth-order valence-electron chi connectivity index (χ4n) is 1.81. The summed E-state index contributed by atoms with van der Waals surface area (Å²) in [4.78, 5) is 0. The van der Waals surface area contributed by atoms with Crippen molar-refractivity contribution in [1.29, 1.82) is 0 Å². The van der Waals surface area contributed by atoms with Gasteiger partial charge in [-0.2, -0.15) is 0 Å². The van der Waals surface area contributed by atoms with Crippen LogP contribution in [0.2, 0.25) is 0 Å². The van der Waals surface area contributed by atoms with Gasteiger partial charge >= 0.3 is 0 Å². The van der Waals surface area contributed by atoms with Crippen LogP contribution in [-0.4, -0.2) is 0 Å². The van der Waals surface area contributed by atoms with Crippen LogP contribution in [0.5, 0.6) is 0 Å². The zero-order valence-electron chi connectivity index (χ0n) is 9.51. The highest BCUT2D eigenvalue weighted by molar-refractivity contribution is 5.61. The maximum atomic E-state index is 2.24. The van der Waals surface area contributed by atoms with Gasteiger partial charge in [0, 0.05) is 0 Å². The van der Waals surface area contributed by atoms with Crippen LogP contribution in [0.25, 0.3) is 6.08 Å². The number of hydrogen-bond donors (Lipinski definition) is 0. The molecule has 0 aliphatic heterocycles. The van der Waals surface area contributed by atoms with Crippen LogP contribution in [-0.2, 0) is 0 Å². The maximum Gasteiger partial charge on any atom is -0.000118 e. The lowest BCUT2D eigenvalue weighted by Gasteiger charge is -2.01. The maximum absolute atomic E-state index is 2.24. The number of benzene rings is 2. The zero-order chi connectivity index (χ0) is 11.2. The van der Waals surface area contributed by atoms with Crippen molar-refractivity contribution in [3.63, 3.8) is 0 Å². The van der Waals surface area contributed by atoms with Gasteiger partial charge in [-0.3, -0.25) is 0 Å². The van der Waals surface area contributed by atoms with Crippen LogP contribution in [0.3, 0.4) is 0 Å². The van der Waals surface area contributed by atoms with Gasteiger partial charge in [-0.25, -0.2) is 0 Å². The Morgan fingerprint density at radius 3 is 1.88 bits per heavy atom. The van der Waals surface area contributed by atoms with E-state index < -0.39 is 0 Å². The SMILES string of the molecule is CC1C=Cc2ccccc21.c1ccccc1. The van der Waals surface area contributed by atoms with Gasteiger partial charge in [0.15, 0.2) is 0 Å². The molecule has 16 heavy (non-hydrogen) atoms. The molecule has 0 heteroatoms. The number of rotatable bonds is 0. The molecular weight excluding hydrogens is 192 g/mol. The predicted molar refractivity (Wildman–Crippen MR) is 70.3 cm³/mol. The highest BCUT2D eigenvalue weighted by Gasteiger charge is 2.09. The summed E-state index contributed by atoms with van der Waals surface area (Å²) < 4.78 is 0. The topological polar surface area (TPSA) is 0 Å². The van der Waals surface area contributed by atoms with E-state index in [0.717, 1.165) is 0 Å². The van der Waals surface area contributed by atoms with E-state index in [4.69, 9.17) is 0 Å². The van der Waals surface area contributed by atoms with E-state index in [2.05, 4.69) is 43.3 Å². The van der Waals surface area contributed by atoms with Crippen LogP contribution in [0.1, 0.15) is 24.0 Å². The van der Waals surface area contributed by atoms with Crippen molar-refractivity contribution in [3.8, 4) is 0 Å². The highest BCUT2D eigenvalue weighted by Crippen LogP contribution is 2.28. The van der Waals surface area contributed by atoms with Crippen LogP contribution >= 0.6 is 0 Å². The molecule has 0 amide bonds. The van der Waals surface area contributed by atoms with E-state index >= 15 is 0 Å². The summed E-state index contributed by atoms with van der Waals surface area (Å²) in [5.74, 6) is 0.621. The fraction of sp³-hybridized carbons (Fsp3) is 0.125. The third-order valence-electron chi connectivity index (χ3n) is 2.72. The first kappa shape index (κ1) is 10.7. The molecule has 0 aromatic heterocycles. The molecule has 0 saturated heterocycles. The molecule has 2 aromatic carbocycles. The van der Waals surface area contributed by atoms with Crippen LogP contribution in [0, 0.1) is 0 Å². The molecule has 0 radical (unpaired) electrons. The summed E-state index contributed by atoms with van der Waals surface area (Å²) in [7, 11) is 0. The third-order valence-corrected chi connectivity index (χ3v) is 2.72. The van der Waals surface area contributed by atoms with E-state index in [1.54, 1.807) is 0 Å². The van der Waals surface area contributed by atoms with Gasteiger partial charge in [0.25, 0.3) is 0 Å². The average molecular weight is 208 g/mol. The normalized spacial score (nSPS) is 16.2. The number of allylic oxidation sites excluding steroid dienone is 1. The van der Waals surface area contributed by atoms with Gasteiger partial charge in [0.2, 0.25) is 0 Å². The fourth-order valence-corrected chi connectivity index (χ4v) is 1.81. The second-order valence-corrected chi connectivity index (χ2v) is 3.93. The van der Waals surface area contributed by atoms with Crippen molar-refractivity contribution in [2.75, 3.05) is 0 Å². The average Bonchev–Trinajstić information content (AvgIpc) is 2.75. The molecule has 3 rings (SSSR count). The Labute approximate surface area is 97.3 Å². The number of hydrogen-bond acceptors (Lipinski definition) is 0. The second kappa shape index (κ2) is 5.32. The minimum atomic E-state index is 0.621. The Morgan fingerprint density at radius 1 is 0.750 bits per heavy atom. The number of fused-ring (bicyclic) bond motifs is 1. The van der Waals surface area contributed by atoms with E-state index in [9.17, 15) is 0 Å². The molecule has 0 N–H and O–H groups in total. The molecule has 2 aromatic rings. The highest BCUT2D eigenvalue weighted by atomic mass is 14.1. The van der Waals surface area contributed by atoms with E-state index in [-0.39, 0.29) is 0 Å². The largest absolute Gasteiger partial charge is 0.0767 e. The minimum absolute atomic E-state index is 0.621. The first-order valence-corrected chi connectivity index (χ1v) is 5.65. The van der Waals surface area contributed by atoms with E-state index in [0.29, 0.717) is 5.92 Å². The van der Waals surface area contributed by atoms with Crippen molar-refractivity contribution < 1.29 is 0 Å². The first-order valence-electron chi connectivity index (χ1n) is 5.65.